The summed E-state index contributed by atoms with van der Waals surface area (Å²) in [6.45, 7) is 2.00. The lowest BCUT2D eigenvalue weighted by Crippen LogP contribution is -2.36. The minimum absolute atomic E-state index is 0.0556. The molecule has 1 saturated heterocycles. The molecule has 1 aliphatic rings. The first-order valence-electron chi connectivity index (χ1n) is 5.08. The van der Waals surface area contributed by atoms with Crippen molar-refractivity contribution in [1.82, 2.24) is 4.90 Å². The van der Waals surface area contributed by atoms with Crippen molar-refractivity contribution in [3.05, 3.63) is 11.4 Å². The predicted octanol–water partition coefficient (Wildman–Crippen LogP) is 1.55. The molecule has 1 fully saturated rings. The summed E-state index contributed by atoms with van der Waals surface area (Å²) in [4.78, 5) is 22.9. The number of ether oxygens (including phenoxy) is 1. The van der Waals surface area contributed by atoms with Crippen LogP contribution >= 0.6 is 0 Å². The van der Waals surface area contributed by atoms with Crippen LogP contribution in [0, 0.1) is 0 Å². The van der Waals surface area contributed by atoms with Gasteiger partial charge >= 0.3 is 12.1 Å². The van der Waals surface area contributed by atoms with E-state index < -0.39 is 17.9 Å². The van der Waals surface area contributed by atoms with Crippen LogP contribution in [0.2, 0.25) is 0 Å². The molecule has 0 radical (unpaired) electrons. The van der Waals surface area contributed by atoms with E-state index in [1.165, 1.54) is 0 Å². The zero-order valence-corrected chi connectivity index (χ0v) is 9.03. The SMILES string of the molecule is CCOC(=O)C(F)=C1CCCN(C(=O)O)C1. The molecule has 0 bridgehead atoms. The Balaban J connectivity index is 2.74. The molecule has 0 aromatic heterocycles. The maximum absolute atomic E-state index is 13.5. The second-order valence-corrected chi connectivity index (χ2v) is 3.45. The molecule has 1 heterocycles. The molecule has 6 heteroatoms. The lowest BCUT2D eigenvalue weighted by molar-refractivity contribution is -0.140. The van der Waals surface area contributed by atoms with Crippen LogP contribution in [0.3, 0.4) is 0 Å². The summed E-state index contributed by atoms with van der Waals surface area (Å²) in [5.41, 5.74) is 0.201. The molecule has 0 aromatic rings. The summed E-state index contributed by atoms with van der Waals surface area (Å²) < 4.78 is 18.0. The fourth-order valence-electron chi connectivity index (χ4n) is 1.55. The van der Waals surface area contributed by atoms with Gasteiger partial charge in [0.2, 0.25) is 5.83 Å². The van der Waals surface area contributed by atoms with Gasteiger partial charge in [0.15, 0.2) is 0 Å². The van der Waals surface area contributed by atoms with Gasteiger partial charge in [0.25, 0.3) is 0 Å². The molecule has 1 rings (SSSR count). The van der Waals surface area contributed by atoms with Gasteiger partial charge in [0.1, 0.15) is 0 Å². The van der Waals surface area contributed by atoms with E-state index >= 15 is 0 Å². The van der Waals surface area contributed by atoms with Crippen molar-refractivity contribution in [2.75, 3.05) is 19.7 Å². The maximum Gasteiger partial charge on any atom is 0.407 e. The van der Waals surface area contributed by atoms with Crippen molar-refractivity contribution in [3.63, 3.8) is 0 Å². The third kappa shape index (κ3) is 2.95. The van der Waals surface area contributed by atoms with Crippen molar-refractivity contribution in [3.8, 4) is 0 Å². The van der Waals surface area contributed by atoms with Gasteiger partial charge in [-0.25, -0.2) is 9.59 Å². The molecule has 90 valence electrons. The molecule has 1 amide bonds. The van der Waals surface area contributed by atoms with Crippen LogP contribution in [-0.2, 0) is 9.53 Å². The number of esters is 1. The second kappa shape index (κ2) is 5.48. The highest BCUT2D eigenvalue weighted by molar-refractivity contribution is 5.87. The van der Waals surface area contributed by atoms with Crippen LogP contribution in [0.1, 0.15) is 19.8 Å². The fraction of sp³-hybridized carbons (Fsp3) is 0.600. The van der Waals surface area contributed by atoms with Gasteiger partial charge in [-0.2, -0.15) is 4.39 Å². The summed E-state index contributed by atoms with van der Waals surface area (Å²) in [6, 6.07) is 0. The zero-order valence-electron chi connectivity index (χ0n) is 9.03. The summed E-state index contributed by atoms with van der Waals surface area (Å²) in [7, 11) is 0. The van der Waals surface area contributed by atoms with Gasteiger partial charge in [-0.1, -0.05) is 0 Å². The van der Waals surface area contributed by atoms with Crippen LogP contribution in [-0.4, -0.2) is 41.8 Å². The van der Waals surface area contributed by atoms with Crippen LogP contribution in [0.4, 0.5) is 9.18 Å². The molecule has 1 N–H and O–H groups in total. The highest BCUT2D eigenvalue weighted by atomic mass is 19.1. The van der Waals surface area contributed by atoms with E-state index in [9.17, 15) is 14.0 Å². The average Bonchev–Trinajstić information content (AvgIpc) is 2.28. The first kappa shape index (κ1) is 12.5. The smallest absolute Gasteiger partial charge is 0.407 e. The number of rotatable bonds is 2. The van der Waals surface area contributed by atoms with E-state index in [1.54, 1.807) is 6.92 Å². The number of piperidine rings is 1. The van der Waals surface area contributed by atoms with Gasteiger partial charge in [-0.3, -0.25) is 0 Å². The van der Waals surface area contributed by atoms with E-state index in [1.807, 2.05) is 0 Å². The number of nitrogens with zero attached hydrogens (tertiary/aromatic N) is 1. The first-order valence-corrected chi connectivity index (χ1v) is 5.08. The highest BCUT2D eigenvalue weighted by Crippen LogP contribution is 2.20. The lowest BCUT2D eigenvalue weighted by atomic mass is 10.0. The van der Waals surface area contributed by atoms with Gasteiger partial charge in [0.05, 0.1) is 6.61 Å². The standard InChI is InChI=1S/C10H14FNO4/c1-2-16-9(13)8(11)7-4-3-5-12(6-7)10(14)15/h2-6H2,1H3,(H,14,15). The Morgan fingerprint density at radius 1 is 1.56 bits per heavy atom. The van der Waals surface area contributed by atoms with Gasteiger partial charge < -0.3 is 14.7 Å². The summed E-state index contributed by atoms with van der Waals surface area (Å²) >= 11 is 0. The van der Waals surface area contributed by atoms with Crippen molar-refractivity contribution >= 4 is 12.1 Å². The van der Waals surface area contributed by atoms with Crippen molar-refractivity contribution in [2.45, 2.75) is 19.8 Å². The Bertz CT molecular complexity index is 327. The van der Waals surface area contributed by atoms with E-state index in [4.69, 9.17) is 5.11 Å². The first-order chi connectivity index (χ1) is 7.56. The third-order valence-electron chi connectivity index (χ3n) is 2.32. The monoisotopic (exact) mass is 231 g/mol. The lowest BCUT2D eigenvalue weighted by Gasteiger charge is -2.26. The quantitative estimate of drug-likeness (QED) is 0.578. The van der Waals surface area contributed by atoms with E-state index in [0.29, 0.717) is 19.4 Å². The topological polar surface area (TPSA) is 66.8 Å². The Morgan fingerprint density at radius 2 is 2.25 bits per heavy atom. The molecule has 0 aliphatic carbocycles. The fourth-order valence-corrected chi connectivity index (χ4v) is 1.55. The van der Waals surface area contributed by atoms with Crippen molar-refractivity contribution in [2.24, 2.45) is 0 Å². The van der Waals surface area contributed by atoms with Gasteiger partial charge in [-0.15, -0.1) is 0 Å². The number of carboxylic acid groups (broad SMARTS) is 1. The van der Waals surface area contributed by atoms with Crippen LogP contribution < -0.4 is 0 Å². The number of hydrogen-bond acceptors (Lipinski definition) is 3. The van der Waals surface area contributed by atoms with E-state index in [0.717, 1.165) is 4.90 Å². The average molecular weight is 231 g/mol. The number of amides is 1. The molecule has 0 atom stereocenters. The number of hydrogen-bond donors (Lipinski definition) is 1. The molecule has 0 unspecified atom stereocenters. The molecule has 1 aliphatic heterocycles. The minimum atomic E-state index is -1.10. The largest absolute Gasteiger partial charge is 0.465 e. The number of likely N-dealkylation sites (tertiary alicyclic amines) is 1. The zero-order chi connectivity index (χ0) is 12.1. The third-order valence-corrected chi connectivity index (χ3v) is 2.32. The highest BCUT2D eigenvalue weighted by Gasteiger charge is 2.24. The summed E-state index contributed by atoms with van der Waals surface area (Å²) in [6.07, 6.45) is -0.183. The molecule has 0 spiro atoms. The summed E-state index contributed by atoms with van der Waals surface area (Å²) in [5, 5.41) is 8.74. The predicted molar refractivity (Wildman–Crippen MR) is 53.6 cm³/mol. The van der Waals surface area contributed by atoms with E-state index in [-0.39, 0.29) is 18.7 Å². The molecule has 16 heavy (non-hydrogen) atoms. The Morgan fingerprint density at radius 3 is 2.81 bits per heavy atom. The molecule has 5 nitrogen and oxygen atoms in total. The summed E-state index contributed by atoms with van der Waals surface area (Å²) in [5.74, 6) is -1.96. The van der Waals surface area contributed by atoms with Gasteiger partial charge in [0, 0.05) is 13.1 Å². The molecular weight excluding hydrogens is 217 g/mol. The second-order valence-electron chi connectivity index (χ2n) is 3.45. The number of carbonyl (C=O) groups is 2. The van der Waals surface area contributed by atoms with Crippen molar-refractivity contribution in [1.29, 1.82) is 0 Å². The molecule has 0 saturated carbocycles. The number of halogens is 1. The Hall–Kier alpha value is -1.59. The Labute approximate surface area is 92.5 Å². The molecule has 0 aromatic carbocycles. The van der Waals surface area contributed by atoms with Crippen LogP contribution in [0.5, 0.6) is 0 Å². The maximum atomic E-state index is 13.5. The van der Waals surface area contributed by atoms with Gasteiger partial charge in [-0.05, 0) is 25.3 Å². The molecular formula is C10H14FNO4. The number of carbonyl (C=O) groups excluding carboxylic acids is 1. The minimum Gasteiger partial charge on any atom is -0.465 e. The normalized spacial score (nSPS) is 19.2. The van der Waals surface area contributed by atoms with E-state index in [2.05, 4.69) is 4.74 Å². The Kier molecular flexibility index (Phi) is 4.28. The van der Waals surface area contributed by atoms with Crippen molar-refractivity contribution < 1.29 is 23.8 Å². The van der Waals surface area contributed by atoms with Crippen LogP contribution in [0.25, 0.3) is 0 Å². The van der Waals surface area contributed by atoms with Crippen LogP contribution in [0.15, 0.2) is 11.4 Å².